The maximum Gasteiger partial charge on any atom is 0.460 e. The van der Waals surface area contributed by atoms with E-state index >= 15 is 0 Å². The zero-order valence-electron chi connectivity index (χ0n) is 13.5. The number of alkyl halides is 9. The van der Waals surface area contributed by atoms with E-state index in [4.69, 9.17) is 4.74 Å². The first-order valence-electron chi connectivity index (χ1n) is 7.17. The van der Waals surface area contributed by atoms with Crippen molar-refractivity contribution >= 4 is 0 Å². The number of hydrogen-bond donors (Lipinski definition) is 0. The maximum absolute atomic E-state index is 13.8. The molecule has 1 aromatic carbocycles. The van der Waals surface area contributed by atoms with E-state index in [2.05, 4.69) is 4.74 Å². The lowest BCUT2D eigenvalue weighted by Crippen LogP contribution is -2.61. The highest BCUT2D eigenvalue weighted by Gasteiger charge is 2.81. The molecule has 0 aliphatic heterocycles. The van der Waals surface area contributed by atoms with Crippen LogP contribution in [0.1, 0.15) is 25.0 Å². The van der Waals surface area contributed by atoms with Gasteiger partial charge in [0.05, 0.1) is 12.7 Å². The summed E-state index contributed by atoms with van der Waals surface area (Å²) in [6.07, 6.45) is -10.8. The van der Waals surface area contributed by atoms with Crippen molar-refractivity contribution in [2.24, 2.45) is 0 Å². The fraction of sp³-hybridized carbons (Fsp3) is 0.600. The monoisotopic (exact) mass is 398 g/mol. The molecule has 1 rings (SSSR count). The van der Waals surface area contributed by atoms with Crippen molar-refractivity contribution in [2.75, 3.05) is 13.7 Å². The Kier molecular flexibility index (Phi) is 6.49. The molecule has 0 fully saturated rings. The molecule has 1 unspecified atom stereocenters. The second-order valence-corrected chi connectivity index (χ2v) is 5.28. The second-order valence-electron chi connectivity index (χ2n) is 5.28. The Bertz CT molecular complexity index is 599. The van der Waals surface area contributed by atoms with Gasteiger partial charge in [-0.25, -0.2) is 0 Å². The average molecular weight is 398 g/mol. The van der Waals surface area contributed by atoms with Crippen LogP contribution in [0.5, 0.6) is 5.75 Å². The average Bonchev–Trinajstić information content (AvgIpc) is 2.51. The van der Waals surface area contributed by atoms with Crippen LogP contribution < -0.4 is 4.74 Å². The van der Waals surface area contributed by atoms with E-state index in [1.54, 1.807) is 6.92 Å². The van der Waals surface area contributed by atoms with Gasteiger partial charge in [-0.1, -0.05) is 12.1 Å². The third-order valence-corrected chi connectivity index (χ3v) is 3.48. The molecule has 2 nitrogen and oxygen atoms in total. The number of halogens is 9. The maximum atomic E-state index is 13.8. The van der Waals surface area contributed by atoms with Crippen LogP contribution in [-0.4, -0.2) is 37.7 Å². The first-order chi connectivity index (χ1) is 11.7. The van der Waals surface area contributed by atoms with Gasteiger partial charge in [-0.2, -0.15) is 39.5 Å². The molecule has 0 saturated carbocycles. The minimum Gasteiger partial charge on any atom is -0.494 e. The van der Waals surface area contributed by atoms with Gasteiger partial charge in [0.2, 0.25) is 0 Å². The van der Waals surface area contributed by atoms with Crippen LogP contribution in [0.25, 0.3) is 0 Å². The van der Waals surface area contributed by atoms with Crippen LogP contribution in [0.4, 0.5) is 39.5 Å². The Labute approximate surface area is 142 Å². The van der Waals surface area contributed by atoms with Gasteiger partial charge in [-0.05, 0) is 24.6 Å². The largest absolute Gasteiger partial charge is 0.494 e. The van der Waals surface area contributed by atoms with Gasteiger partial charge in [0.1, 0.15) is 5.75 Å². The van der Waals surface area contributed by atoms with Crippen molar-refractivity contribution in [1.29, 1.82) is 0 Å². The highest BCUT2D eigenvalue weighted by molar-refractivity contribution is 5.30. The van der Waals surface area contributed by atoms with Crippen LogP contribution >= 0.6 is 0 Å². The van der Waals surface area contributed by atoms with E-state index in [0.717, 1.165) is 19.2 Å². The highest BCUT2D eigenvalue weighted by Crippen LogP contribution is 2.55. The minimum atomic E-state index is -6.92. The zero-order valence-corrected chi connectivity index (χ0v) is 13.5. The summed E-state index contributed by atoms with van der Waals surface area (Å²) in [5.74, 6) is -19.2. The van der Waals surface area contributed by atoms with Crippen molar-refractivity contribution in [3.05, 3.63) is 29.8 Å². The van der Waals surface area contributed by atoms with Crippen molar-refractivity contribution in [1.82, 2.24) is 0 Å². The highest BCUT2D eigenvalue weighted by atomic mass is 19.4. The molecule has 26 heavy (non-hydrogen) atoms. The fourth-order valence-corrected chi connectivity index (χ4v) is 2.08. The molecule has 150 valence electrons. The molecule has 1 aromatic rings. The predicted octanol–water partition coefficient (Wildman–Crippen LogP) is 5.63. The Balaban J connectivity index is 3.17. The van der Waals surface area contributed by atoms with Crippen LogP contribution in [-0.2, 0) is 4.74 Å². The van der Waals surface area contributed by atoms with Crippen molar-refractivity contribution < 1.29 is 49.0 Å². The number of ether oxygens (including phenoxy) is 2. The number of benzene rings is 1. The molecular weight excluding hydrogens is 383 g/mol. The minimum absolute atomic E-state index is 0.149. The van der Waals surface area contributed by atoms with Crippen molar-refractivity contribution in [2.45, 2.75) is 43.4 Å². The van der Waals surface area contributed by atoms with Gasteiger partial charge in [-0.15, -0.1) is 0 Å². The number of rotatable bonds is 8. The van der Waals surface area contributed by atoms with Crippen LogP contribution in [0.15, 0.2) is 24.3 Å². The normalized spacial score (nSPS) is 15.0. The summed E-state index contributed by atoms with van der Waals surface area (Å²) >= 11 is 0. The lowest BCUT2D eigenvalue weighted by Gasteiger charge is -2.35. The Hall–Kier alpha value is -1.65. The van der Waals surface area contributed by atoms with Crippen LogP contribution in [0.2, 0.25) is 0 Å². The molecule has 0 spiro atoms. The molecule has 0 amide bonds. The SMILES string of the molecule is CCOc1cccc(C(CC(F)(F)C(F)(F)C(F)(F)C(F)(F)F)OC)c1. The molecule has 0 N–H and O–H groups in total. The van der Waals surface area contributed by atoms with Crippen molar-refractivity contribution in [3.8, 4) is 5.75 Å². The summed E-state index contributed by atoms with van der Waals surface area (Å²) < 4.78 is 126. The summed E-state index contributed by atoms with van der Waals surface area (Å²) in [4.78, 5) is 0. The summed E-state index contributed by atoms with van der Waals surface area (Å²) in [7, 11) is 0.828. The molecule has 0 aliphatic carbocycles. The van der Waals surface area contributed by atoms with Crippen LogP contribution in [0.3, 0.4) is 0 Å². The molecule has 0 bridgehead atoms. The fourth-order valence-electron chi connectivity index (χ4n) is 2.08. The van der Waals surface area contributed by atoms with E-state index in [1.165, 1.54) is 12.1 Å². The van der Waals surface area contributed by atoms with Gasteiger partial charge in [0, 0.05) is 13.5 Å². The van der Waals surface area contributed by atoms with Gasteiger partial charge < -0.3 is 9.47 Å². The van der Waals surface area contributed by atoms with Gasteiger partial charge in [-0.3, -0.25) is 0 Å². The van der Waals surface area contributed by atoms with Crippen molar-refractivity contribution in [3.63, 3.8) is 0 Å². The molecule has 1 atom stereocenters. The molecule has 0 saturated heterocycles. The smallest absolute Gasteiger partial charge is 0.460 e. The van der Waals surface area contributed by atoms with Gasteiger partial charge >= 0.3 is 23.9 Å². The number of methoxy groups -OCH3 is 1. The molecule has 0 heterocycles. The molecular formula is C15H15F9O2. The van der Waals surface area contributed by atoms with E-state index in [-0.39, 0.29) is 17.9 Å². The third-order valence-electron chi connectivity index (χ3n) is 3.48. The lowest BCUT2D eigenvalue weighted by atomic mass is 9.95. The van der Waals surface area contributed by atoms with Gasteiger partial charge in [0.15, 0.2) is 0 Å². The molecule has 0 aliphatic rings. The summed E-state index contributed by atoms with van der Waals surface area (Å²) in [6, 6.07) is 5.00. The van der Waals surface area contributed by atoms with Crippen LogP contribution in [0, 0.1) is 0 Å². The Morgan fingerprint density at radius 1 is 0.923 bits per heavy atom. The summed E-state index contributed by atoms with van der Waals surface area (Å²) in [6.45, 7) is 1.79. The summed E-state index contributed by atoms with van der Waals surface area (Å²) in [5, 5.41) is 0. The zero-order chi connectivity index (χ0) is 20.4. The first kappa shape index (κ1) is 22.4. The predicted molar refractivity (Wildman–Crippen MR) is 72.9 cm³/mol. The van der Waals surface area contributed by atoms with Gasteiger partial charge in [0.25, 0.3) is 0 Å². The van der Waals surface area contributed by atoms with E-state index in [0.29, 0.717) is 0 Å². The quantitative estimate of drug-likeness (QED) is 0.529. The molecule has 11 heteroatoms. The van der Waals surface area contributed by atoms with E-state index in [9.17, 15) is 39.5 Å². The summed E-state index contributed by atoms with van der Waals surface area (Å²) in [5.41, 5.74) is -0.149. The lowest BCUT2D eigenvalue weighted by molar-refractivity contribution is -0.398. The number of hydrogen-bond acceptors (Lipinski definition) is 2. The standard InChI is InChI=1S/C15H15F9O2/c1-3-26-10-6-4-5-9(7-10)11(25-2)8-12(16,17)13(18,19)14(20,21)15(22,23)24/h4-7,11H,3,8H2,1-2H3. The van der Waals surface area contributed by atoms with E-state index < -0.39 is 36.5 Å². The Morgan fingerprint density at radius 3 is 1.96 bits per heavy atom. The third kappa shape index (κ3) is 4.18. The topological polar surface area (TPSA) is 18.5 Å². The second kappa shape index (κ2) is 7.53. The molecule has 0 radical (unpaired) electrons. The van der Waals surface area contributed by atoms with E-state index in [1.807, 2.05) is 0 Å². The Morgan fingerprint density at radius 2 is 1.50 bits per heavy atom. The molecule has 0 aromatic heterocycles. The first-order valence-corrected chi connectivity index (χ1v) is 7.17.